The minimum absolute atomic E-state index is 0.395. The molecule has 2 aliphatic rings. The lowest BCUT2D eigenvalue weighted by Crippen LogP contribution is -2.52. The van der Waals surface area contributed by atoms with E-state index in [2.05, 4.69) is 50.1 Å². The van der Waals surface area contributed by atoms with E-state index in [1.807, 2.05) is 12.4 Å². The number of anilines is 1. The minimum atomic E-state index is 0.395. The van der Waals surface area contributed by atoms with Crippen molar-refractivity contribution in [3.63, 3.8) is 0 Å². The summed E-state index contributed by atoms with van der Waals surface area (Å²) in [4.78, 5) is 13.6. The van der Waals surface area contributed by atoms with Crippen molar-refractivity contribution in [2.75, 3.05) is 24.5 Å². The number of hydrogen-bond donors (Lipinski definition) is 0. The summed E-state index contributed by atoms with van der Waals surface area (Å²) >= 11 is 0. The highest BCUT2D eigenvalue weighted by Crippen LogP contribution is 2.35. The SMILES string of the molecule is c1ccc(C2CN3CCCC3CN2c2cncnc2)cc1. The lowest BCUT2D eigenvalue weighted by Gasteiger charge is -2.45. The minimum Gasteiger partial charge on any atom is -0.359 e. The zero-order valence-corrected chi connectivity index (χ0v) is 12.1. The van der Waals surface area contributed by atoms with E-state index in [1.54, 1.807) is 6.33 Å². The van der Waals surface area contributed by atoms with Gasteiger partial charge in [0.1, 0.15) is 6.33 Å². The van der Waals surface area contributed by atoms with Gasteiger partial charge >= 0.3 is 0 Å². The number of aromatic nitrogens is 2. The molecule has 1 aromatic carbocycles. The van der Waals surface area contributed by atoms with Crippen LogP contribution in [-0.4, -0.2) is 40.5 Å². The maximum absolute atomic E-state index is 4.21. The Morgan fingerprint density at radius 1 is 1.00 bits per heavy atom. The fourth-order valence-electron chi connectivity index (χ4n) is 3.70. The van der Waals surface area contributed by atoms with Gasteiger partial charge in [-0.15, -0.1) is 0 Å². The monoisotopic (exact) mass is 280 g/mol. The molecule has 4 rings (SSSR count). The van der Waals surface area contributed by atoms with E-state index >= 15 is 0 Å². The Morgan fingerprint density at radius 3 is 2.62 bits per heavy atom. The van der Waals surface area contributed by atoms with Crippen molar-refractivity contribution in [1.29, 1.82) is 0 Å². The highest BCUT2D eigenvalue weighted by Gasteiger charge is 2.37. The summed E-state index contributed by atoms with van der Waals surface area (Å²) in [6.07, 6.45) is 8.12. The van der Waals surface area contributed by atoms with E-state index in [9.17, 15) is 0 Å². The summed E-state index contributed by atoms with van der Waals surface area (Å²) in [5.74, 6) is 0. The molecule has 2 unspecified atom stereocenters. The van der Waals surface area contributed by atoms with Crippen LogP contribution in [0, 0.1) is 0 Å². The zero-order chi connectivity index (χ0) is 14.1. The van der Waals surface area contributed by atoms with Crippen molar-refractivity contribution in [1.82, 2.24) is 14.9 Å². The molecule has 108 valence electrons. The van der Waals surface area contributed by atoms with Crippen LogP contribution < -0.4 is 4.90 Å². The van der Waals surface area contributed by atoms with Crippen LogP contribution in [-0.2, 0) is 0 Å². The van der Waals surface area contributed by atoms with E-state index < -0.39 is 0 Å². The van der Waals surface area contributed by atoms with Gasteiger partial charge in [0.25, 0.3) is 0 Å². The first-order valence-corrected chi connectivity index (χ1v) is 7.72. The largest absolute Gasteiger partial charge is 0.359 e. The topological polar surface area (TPSA) is 32.3 Å². The van der Waals surface area contributed by atoms with Crippen molar-refractivity contribution in [2.45, 2.75) is 24.9 Å². The van der Waals surface area contributed by atoms with Crippen LogP contribution in [0.15, 0.2) is 49.1 Å². The molecule has 2 atom stereocenters. The van der Waals surface area contributed by atoms with E-state index in [4.69, 9.17) is 0 Å². The lowest BCUT2D eigenvalue weighted by atomic mass is 9.99. The molecule has 4 nitrogen and oxygen atoms in total. The number of piperazine rings is 1. The Balaban J connectivity index is 1.70. The molecule has 1 aromatic heterocycles. The predicted molar refractivity (Wildman–Crippen MR) is 83.2 cm³/mol. The van der Waals surface area contributed by atoms with E-state index in [1.165, 1.54) is 24.9 Å². The molecule has 0 amide bonds. The highest BCUT2D eigenvalue weighted by molar-refractivity contribution is 5.46. The number of benzene rings is 1. The summed E-state index contributed by atoms with van der Waals surface area (Å²) in [6.45, 7) is 3.42. The Hall–Kier alpha value is -1.94. The van der Waals surface area contributed by atoms with Crippen molar-refractivity contribution in [3.8, 4) is 0 Å². The second-order valence-corrected chi connectivity index (χ2v) is 5.97. The van der Waals surface area contributed by atoms with E-state index in [-0.39, 0.29) is 0 Å². The van der Waals surface area contributed by atoms with Gasteiger partial charge in [0.05, 0.1) is 24.1 Å². The van der Waals surface area contributed by atoms with Gasteiger partial charge in [-0.2, -0.15) is 0 Å². The van der Waals surface area contributed by atoms with Crippen LogP contribution in [0.3, 0.4) is 0 Å². The Morgan fingerprint density at radius 2 is 1.81 bits per heavy atom. The first-order chi connectivity index (χ1) is 10.4. The smallest absolute Gasteiger partial charge is 0.115 e. The molecule has 2 aliphatic heterocycles. The Bertz CT molecular complexity index is 533. The molecule has 3 heterocycles. The van der Waals surface area contributed by atoms with Crippen LogP contribution in [0.25, 0.3) is 0 Å². The van der Waals surface area contributed by atoms with Crippen LogP contribution in [0.2, 0.25) is 0 Å². The molecular weight excluding hydrogens is 260 g/mol. The van der Waals surface area contributed by atoms with Crippen molar-refractivity contribution in [2.24, 2.45) is 0 Å². The van der Waals surface area contributed by atoms with Gasteiger partial charge in [-0.25, -0.2) is 9.97 Å². The molecule has 0 saturated carbocycles. The molecule has 0 bridgehead atoms. The van der Waals surface area contributed by atoms with Crippen molar-refractivity contribution >= 4 is 5.69 Å². The van der Waals surface area contributed by atoms with Gasteiger partial charge < -0.3 is 4.90 Å². The number of fused-ring (bicyclic) bond motifs is 1. The van der Waals surface area contributed by atoms with Crippen LogP contribution in [0.4, 0.5) is 5.69 Å². The molecule has 0 radical (unpaired) electrons. The lowest BCUT2D eigenvalue weighted by molar-refractivity contribution is 0.197. The highest BCUT2D eigenvalue weighted by atomic mass is 15.3. The van der Waals surface area contributed by atoms with E-state index in [0.29, 0.717) is 12.1 Å². The average Bonchev–Trinajstić information content (AvgIpc) is 3.03. The number of hydrogen-bond acceptors (Lipinski definition) is 4. The second-order valence-electron chi connectivity index (χ2n) is 5.97. The van der Waals surface area contributed by atoms with Crippen molar-refractivity contribution in [3.05, 3.63) is 54.6 Å². The first kappa shape index (κ1) is 12.8. The van der Waals surface area contributed by atoms with E-state index in [0.717, 1.165) is 18.8 Å². The first-order valence-electron chi connectivity index (χ1n) is 7.72. The third kappa shape index (κ3) is 2.40. The van der Waals surface area contributed by atoms with Gasteiger partial charge in [-0.3, -0.25) is 4.90 Å². The van der Waals surface area contributed by atoms with Crippen molar-refractivity contribution < 1.29 is 0 Å². The summed E-state index contributed by atoms with van der Waals surface area (Å²) in [6, 6.07) is 11.9. The van der Waals surface area contributed by atoms with Crippen LogP contribution in [0.1, 0.15) is 24.4 Å². The Labute approximate surface area is 125 Å². The summed E-state index contributed by atoms with van der Waals surface area (Å²) in [7, 11) is 0. The molecule has 0 spiro atoms. The molecule has 21 heavy (non-hydrogen) atoms. The molecule has 2 aromatic rings. The quantitative estimate of drug-likeness (QED) is 0.846. The second kappa shape index (κ2) is 5.45. The third-order valence-electron chi connectivity index (χ3n) is 4.75. The predicted octanol–water partition coefficient (Wildman–Crippen LogP) is 2.50. The normalized spacial score (nSPS) is 25.8. The van der Waals surface area contributed by atoms with Crippen LogP contribution in [0.5, 0.6) is 0 Å². The maximum atomic E-state index is 4.21. The molecular formula is C17H20N4. The fraction of sp³-hybridized carbons (Fsp3) is 0.412. The fourth-order valence-corrected chi connectivity index (χ4v) is 3.70. The summed E-state index contributed by atoms with van der Waals surface area (Å²) in [5, 5.41) is 0. The number of nitrogens with zero attached hydrogens (tertiary/aromatic N) is 4. The summed E-state index contributed by atoms with van der Waals surface area (Å²) in [5.41, 5.74) is 2.52. The standard InChI is InChI=1S/C17H20N4/c1-2-5-14(6-3-1)17-12-20-8-4-7-15(20)11-21(17)16-9-18-13-19-10-16/h1-3,5-6,9-10,13,15,17H,4,7-8,11-12H2. The average molecular weight is 280 g/mol. The third-order valence-corrected chi connectivity index (χ3v) is 4.75. The van der Waals surface area contributed by atoms with Gasteiger partial charge in [-0.05, 0) is 24.9 Å². The van der Waals surface area contributed by atoms with Gasteiger partial charge in [0.15, 0.2) is 0 Å². The van der Waals surface area contributed by atoms with Gasteiger partial charge in [0.2, 0.25) is 0 Å². The van der Waals surface area contributed by atoms with Gasteiger partial charge in [-0.1, -0.05) is 30.3 Å². The molecule has 2 saturated heterocycles. The van der Waals surface area contributed by atoms with Crippen LogP contribution >= 0.6 is 0 Å². The molecule has 4 heteroatoms. The maximum Gasteiger partial charge on any atom is 0.115 e. The molecule has 2 fully saturated rings. The number of rotatable bonds is 2. The molecule has 0 N–H and O–H groups in total. The molecule has 0 aliphatic carbocycles. The summed E-state index contributed by atoms with van der Waals surface area (Å²) < 4.78 is 0. The Kier molecular flexibility index (Phi) is 3.31. The van der Waals surface area contributed by atoms with Gasteiger partial charge in [0, 0.05) is 19.1 Å². The zero-order valence-electron chi connectivity index (χ0n) is 12.1.